The Balaban J connectivity index is 1.18. The van der Waals surface area contributed by atoms with Crippen molar-refractivity contribution in [2.24, 2.45) is 9.98 Å². The van der Waals surface area contributed by atoms with E-state index in [1.165, 1.54) is 22.3 Å². The number of hydrogen-bond acceptors (Lipinski definition) is 6. The largest absolute Gasteiger partial charge is 0.354 e. The van der Waals surface area contributed by atoms with E-state index >= 15 is 0 Å². The van der Waals surface area contributed by atoms with Crippen molar-refractivity contribution in [3.8, 4) is 0 Å². The molecule has 10 heteroatoms. The molecule has 12 bridgehead atoms. The summed E-state index contributed by atoms with van der Waals surface area (Å²) in [7, 11) is 0. The molecular weight excluding hydrogens is 1130 g/mol. The van der Waals surface area contributed by atoms with Gasteiger partial charge in [0, 0.05) is 80.5 Å². The van der Waals surface area contributed by atoms with Gasteiger partial charge in [0.05, 0.1) is 32.7 Å². The zero-order valence-corrected chi connectivity index (χ0v) is 53.9. The van der Waals surface area contributed by atoms with Gasteiger partial charge in [-0.15, -0.1) is 0 Å². The van der Waals surface area contributed by atoms with E-state index in [1.807, 2.05) is 24.3 Å². The van der Waals surface area contributed by atoms with E-state index in [-0.39, 0.29) is 21.2 Å². The number of nitrogens with zero attached hydrogens (tertiary/aromatic N) is 4. The first-order chi connectivity index (χ1) is 44.2. The molecule has 92 heavy (non-hydrogen) atoms. The van der Waals surface area contributed by atoms with E-state index in [1.54, 1.807) is 24.3 Å². The van der Waals surface area contributed by atoms with Gasteiger partial charge in [-0.3, -0.25) is 20.2 Å². The zero-order valence-electron chi connectivity index (χ0n) is 53.9. The number of nitro groups is 2. The maximum atomic E-state index is 12.2. The summed E-state index contributed by atoms with van der Waals surface area (Å²) in [6, 6.07) is 57.5. The number of aliphatic imine (C=N–C) groups is 2. The fraction of sp³-hybridized carbons (Fsp3) is 0.146. The van der Waals surface area contributed by atoms with E-state index in [2.05, 4.69) is 239 Å². The van der Waals surface area contributed by atoms with Crippen LogP contribution in [0.1, 0.15) is 123 Å². The minimum Gasteiger partial charge on any atom is -0.354 e. The molecule has 8 aromatic carbocycles. The molecule has 8 heterocycles. The number of nitro benzene ring substituents is 2. The minimum absolute atomic E-state index is 0.000194. The highest BCUT2D eigenvalue weighted by atomic mass is 16.6. The van der Waals surface area contributed by atoms with Crippen LogP contribution >= 0.6 is 0 Å². The van der Waals surface area contributed by atoms with Crippen LogP contribution in [0.25, 0.3) is 33.4 Å². The summed E-state index contributed by atoms with van der Waals surface area (Å²) in [5, 5.41) is 28.3. The van der Waals surface area contributed by atoms with Crippen LogP contribution in [0.3, 0.4) is 0 Å². The Bertz CT molecular complexity index is 4850. The molecule has 0 amide bonds. The average molecular weight is 1200 g/mol. The van der Waals surface area contributed by atoms with E-state index in [4.69, 9.17) is 9.98 Å². The van der Waals surface area contributed by atoms with Crippen LogP contribution in [-0.2, 0) is 0 Å². The van der Waals surface area contributed by atoms with Gasteiger partial charge >= 0.3 is 0 Å². The van der Waals surface area contributed by atoms with E-state index in [0.29, 0.717) is 11.4 Å². The lowest BCUT2D eigenvalue weighted by Gasteiger charge is -2.17. The number of nitrogens with one attached hydrogen (secondary N) is 2. The molecule has 0 radical (unpaired) electrons. The van der Waals surface area contributed by atoms with Crippen LogP contribution in [0.4, 0.5) is 11.4 Å². The number of rotatable bonds is 8. The van der Waals surface area contributed by atoms with Crippen molar-refractivity contribution in [3.05, 3.63) is 370 Å². The smallest absolute Gasteiger partial charge is 0.269 e. The molecule has 0 unspecified atom stereocenters. The van der Waals surface area contributed by atoms with Crippen LogP contribution in [0, 0.1) is 103 Å². The van der Waals surface area contributed by atoms with Gasteiger partial charge in [0.25, 0.3) is 11.4 Å². The van der Waals surface area contributed by atoms with Crippen molar-refractivity contribution < 1.29 is 9.85 Å². The lowest BCUT2D eigenvalue weighted by atomic mass is 9.88. The number of hydrogen-bond donors (Lipinski definition) is 2. The minimum atomic E-state index is -0.364. The Hall–Kier alpha value is -11.1. The van der Waals surface area contributed by atoms with E-state index in [9.17, 15) is 20.2 Å². The van der Waals surface area contributed by atoms with E-state index in [0.717, 1.165) is 166 Å². The van der Waals surface area contributed by atoms with Crippen molar-refractivity contribution in [2.45, 2.75) is 83.1 Å². The standard InChI is InChI=1S/C82H70N6O4/c1-45-37-49(5)73(50(6)38-45)79-59-13-15-60(16-14-59)80(74-51(7)39-46(2)40-52(74)8)70-35-31-67(85-70)78(58-23-27-64(28-24-58)88(91)92)68-32-36-72(86-68)82(76-55(11)43-48(4)44-56(76)12)62-19-17-61(18-20-62)81(75-53(9)41-47(3)42-54(75)10)71-34-30-66(84-71)77(65-29-33-69(79)83-65)57-21-25-63(26-22-57)87(89)90/h13-44,83,86H,1-12H3. The molecule has 2 aromatic heterocycles. The molecule has 0 saturated carbocycles. The van der Waals surface area contributed by atoms with E-state index < -0.39 is 0 Å². The average Bonchev–Trinajstić information content (AvgIpc) is 1.41. The van der Waals surface area contributed by atoms with Gasteiger partial charge in [-0.2, -0.15) is 0 Å². The van der Waals surface area contributed by atoms with Crippen molar-refractivity contribution in [2.75, 3.05) is 0 Å². The molecule has 452 valence electrons. The maximum Gasteiger partial charge on any atom is 0.269 e. The van der Waals surface area contributed by atoms with Crippen LogP contribution in [0.15, 0.2) is 216 Å². The Kier molecular flexibility index (Phi) is 15.4. The van der Waals surface area contributed by atoms with Crippen LogP contribution in [0.5, 0.6) is 0 Å². The monoisotopic (exact) mass is 1200 g/mol. The van der Waals surface area contributed by atoms with Crippen LogP contribution in [0.2, 0.25) is 0 Å². The molecule has 6 aliphatic rings. The third-order valence-electron chi connectivity index (χ3n) is 18.1. The van der Waals surface area contributed by atoms with Gasteiger partial charge in [-0.1, -0.05) is 119 Å². The molecule has 2 N–H and O–H groups in total. The summed E-state index contributed by atoms with van der Waals surface area (Å²) in [5.41, 5.74) is 31.5. The summed E-state index contributed by atoms with van der Waals surface area (Å²) in [5.74, 6) is 0. The van der Waals surface area contributed by atoms with Gasteiger partial charge in [0.2, 0.25) is 0 Å². The molecule has 10 nitrogen and oxygen atoms in total. The first kappa shape index (κ1) is 59.8. The molecule has 0 atom stereocenters. The summed E-state index contributed by atoms with van der Waals surface area (Å²) in [6.45, 7) is 25.9. The molecule has 6 aliphatic heterocycles. The number of aryl methyl sites for hydroxylation is 12. The highest BCUT2D eigenvalue weighted by molar-refractivity contribution is 6.32. The third-order valence-corrected chi connectivity index (χ3v) is 18.1. The molecule has 0 fully saturated rings. The van der Waals surface area contributed by atoms with Gasteiger partial charge in [0.15, 0.2) is 0 Å². The van der Waals surface area contributed by atoms with Gasteiger partial charge in [0.1, 0.15) is 0 Å². The number of H-pyrrole nitrogens is 2. The number of non-ortho nitro benzene ring substituents is 2. The van der Waals surface area contributed by atoms with Gasteiger partial charge in [-0.05, 0) is 255 Å². The van der Waals surface area contributed by atoms with Gasteiger partial charge in [-0.25, -0.2) is 9.98 Å². The SMILES string of the molecule is Cc1cc(C)c(C2=c3ccc(cc3)=C(c3c(C)cc(C)cc3C)c3ccc([nH]3)C(c3ccc([N+](=O)[O-])cc3)=C3C=CC(=N3)C(c3c(C)cc(C)cc3C)=c3ccc(cc3)=C(c3c(C)cc(C)cc3C)c3ccc([nH]3)C(c3ccc([N+](=O)[O-])cc3)=C3C=CC2=N3)c(C)c1. The Morgan fingerprint density at radius 1 is 0.293 bits per heavy atom. The fourth-order valence-electron chi connectivity index (χ4n) is 14.7. The van der Waals surface area contributed by atoms with Crippen molar-refractivity contribution in [3.63, 3.8) is 0 Å². The molecule has 16 rings (SSSR count). The summed E-state index contributed by atoms with van der Waals surface area (Å²) >= 11 is 0. The fourth-order valence-corrected chi connectivity index (χ4v) is 14.7. The molecule has 10 aromatic rings. The van der Waals surface area contributed by atoms with Crippen molar-refractivity contribution in [1.29, 1.82) is 0 Å². The van der Waals surface area contributed by atoms with Crippen molar-refractivity contribution in [1.82, 2.24) is 9.97 Å². The first-order valence-electron chi connectivity index (χ1n) is 31.1. The topological polar surface area (TPSA) is 143 Å². The molecular formula is C82H70N6O4. The third kappa shape index (κ3) is 11.0. The second kappa shape index (κ2) is 23.7. The second-order valence-electron chi connectivity index (χ2n) is 25.1. The Morgan fingerprint density at radius 3 is 0.793 bits per heavy atom. The van der Waals surface area contributed by atoms with Crippen LogP contribution in [-0.4, -0.2) is 31.2 Å². The number of allylic oxidation sites excluding steroid dienone is 4. The quantitative estimate of drug-likeness (QED) is 0.115. The van der Waals surface area contributed by atoms with Crippen molar-refractivity contribution >= 4 is 56.2 Å². The highest BCUT2D eigenvalue weighted by Crippen LogP contribution is 2.39. The highest BCUT2D eigenvalue weighted by Gasteiger charge is 2.27. The zero-order chi connectivity index (χ0) is 64.5. The van der Waals surface area contributed by atoms with Crippen LogP contribution < -0.4 is 20.9 Å². The molecule has 0 saturated heterocycles. The number of aromatic nitrogens is 2. The molecule has 0 aliphatic carbocycles. The Labute approximate surface area is 535 Å². The Morgan fingerprint density at radius 2 is 0.533 bits per heavy atom. The predicted octanol–water partition coefficient (Wildman–Crippen LogP) is 16.0. The second-order valence-corrected chi connectivity index (χ2v) is 25.1. The summed E-state index contributed by atoms with van der Waals surface area (Å²) < 4.78 is 0. The maximum absolute atomic E-state index is 12.2. The summed E-state index contributed by atoms with van der Waals surface area (Å²) in [4.78, 5) is 42.8. The predicted molar refractivity (Wildman–Crippen MR) is 375 cm³/mol. The van der Waals surface area contributed by atoms with Gasteiger partial charge < -0.3 is 9.97 Å². The number of aromatic amines is 2. The summed E-state index contributed by atoms with van der Waals surface area (Å²) in [6.07, 6.45) is 8.34. The lowest BCUT2D eigenvalue weighted by molar-refractivity contribution is -0.385. The first-order valence-corrected chi connectivity index (χ1v) is 31.1. The molecule has 0 spiro atoms. The lowest BCUT2D eigenvalue weighted by Crippen LogP contribution is -2.19. The number of benzene rings is 8. The normalized spacial score (nSPS) is 13.9.